The molecule has 1 heterocycles. The summed E-state index contributed by atoms with van der Waals surface area (Å²) in [6, 6.07) is 0. The third kappa shape index (κ3) is 3.11. The molecule has 1 aliphatic heterocycles. The Hall–Kier alpha value is -0.340. The van der Waals surface area contributed by atoms with E-state index in [-0.39, 0.29) is 5.79 Å². The van der Waals surface area contributed by atoms with Crippen LogP contribution < -0.4 is 0 Å². The van der Waals surface area contributed by atoms with Gasteiger partial charge in [0.2, 0.25) is 0 Å². The first-order chi connectivity index (χ1) is 8.29. The molecule has 98 valence electrons. The lowest BCUT2D eigenvalue weighted by atomic mass is 9.90. The van der Waals surface area contributed by atoms with Crippen molar-refractivity contribution in [2.24, 2.45) is 5.92 Å². The Bertz CT molecular complexity index is 243. The summed E-state index contributed by atoms with van der Waals surface area (Å²) in [5, 5.41) is 0. The molecule has 2 aliphatic rings. The van der Waals surface area contributed by atoms with E-state index in [1.807, 2.05) is 6.08 Å². The first-order valence-corrected chi connectivity index (χ1v) is 7.24. The fraction of sp³-hybridized carbons (Fsp3) is 0.867. The molecule has 1 spiro atoms. The molecule has 2 nitrogen and oxygen atoms in total. The maximum atomic E-state index is 6.33. The van der Waals surface area contributed by atoms with Gasteiger partial charge in [-0.25, -0.2) is 0 Å². The zero-order valence-electron chi connectivity index (χ0n) is 11.1. The van der Waals surface area contributed by atoms with E-state index < -0.39 is 0 Å². The van der Waals surface area contributed by atoms with Gasteiger partial charge in [-0.15, -0.1) is 6.58 Å². The zero-order chi connectivity index (χ0) is 12.1. The lowest BCUT2D eigenvalue weighted by Gasteiger charge is -2.46. The van der Waals surface area contributed by atoms with Gasteiger partial charge in [-0.1, -0.05) is 32.3 Å². The van der Waals surface area contributed by atoms with Crippen molar-refractivity contribution in [1.82, 2.24) is 0 Å². The highest BCUT2D eigenvalue weighted by Crippen LogP contribution is 2.39. The van der Waals surface area contributed by atoms with E-state index in [9.17, 15) is 0 Å². The van der Waals surface area contributed by atoms with Crippen LogP contribution in [0.5, 0.6) is 0 Å². The summed E-state index contributed by atoms with van der Waals surface area (Å²) < 4.78 is 12.4. The number of rotatable bonds is 4. The molecular weight excluding hydrogens is 212 g/mol. The van der Waals surface area contributed by atoms with Crippen LogP contribution >= 0.6 is 0 Å². The van der Waals surface area contributed by atoms with Crippen molar-refractivity contribution in [3.8, 4) is 0 Å². The van der Waals surface area contributed by atoms with Crippen molar-refractivity contribution >= 4 is 0 Å². The SMILES string of the molecule is C=C[C@H]1COC2(CCCCC2)O[C@@H]1CCCC. The minimum atomic E-state index is -0.240. The quantitative estimate of drug-likeness (QED) is 0.688. The van der Waals surface area contributed by atoms with Crippen molar-refractivity contribution in [3.05, 3.63) is 12.7 Å². The van der Waals surface area contributed by atoms with Gasteiger partial charge in [-0.2, -0.15) is 0 Å². The van der Waals surface area contributed by atoms with Crippen molar-refractivity contribution in [2.75, 3.05) is 6.61 Å². The van der Waals surface area contributed by atoms with Gasteiger partial charge in [0, 0.05) is 18.8 Å². The third-order valence-electron chi connectivity index (χ3n) is 4.14. The normalized spacial score (nSPS) is 32.5. The monoisotopic (exact) mass is 238 g/mol. The second-order valence-electron chi connectivity index (χ2n) is 5.48. The predicted molar refractivity (Wildman–Crippen MR) is 69.9 cm³/mol. The highest BCUT2D eigenvalue weighted by Gasteiger charge is 2.42. The minimum Gasteiger partial charge on any atom is -0.349 e. The van der Waals surface area contributed by atoms with Gasteiger partial charge in [0.25, 0.3) is 0 Å². The number of unbranched alkanes of at least 4 members (excludes halogenated alkanes) is 1. The van der Waals surface area contributed by atoms with Gasteiger partial charge in [-0.3, -0.25) is 0 Å². The topological polar surface area (TPSA) is 18.5 Å². The molecule has 1 aliphatic carbocycles. The number of hydrogen-bond donors (Lipinski definition) is 0. The summed E-state index contributed by atoms with van der Waals surface area (Å²) in [6.45, 7) is 6.95. The molecule has 2 rings (SSSR count). The molecule has 1 saturated carbocycles. The fourth-order valence-electron chi connectivity index (χ4n) is 3.00. The van der Waals surface area contributed by atoms with Crippen molar-refractivity contribution in [2.45, 2.75) is 70.2 Å². The van der Waals surface area contributed by atoms with Crippen LogP contribution in [0.2, 0.25) is 0 Å². The summed E-state index contributed by atoms with van der Waals surface area (Å²) >= 11 is 0. The molecule has 0 aromatic heterocycles. The fourth-order valence-corrected chi connectivity index (χ4v) is 3.00. The van der Waals surface area contributed by atoms with Crippen molar-refractivity contribution in [3.63, 3.8) is 0 Å². The summed E-state index contributed by atoms with van der Waals surface area (Å²) in [5.74, 6) is 0.144. The van der Waals surface area contributed by atoms with Crippen LogP contribution in [0.15, 0.2) is 12.7 Å². The second-order valence-corrected chi connectivity index (χ2v) is 5.48. The Kier molecular flexibility index (Phi) is 4.63. The number of ether oxygens (including phenoxy) is 2. The maximum Gasteiger partial charge on any atom is 0.168 e. The average Bonchev–Trinajstić information content (AvgIpc) is 2.37. The van der Waals surface area contributed by atoms with Crippen LogP contribution in [0.4, 0.5) is 0 Å². The summed E-state index contributed by atoms with van der Waals surface area (Å²) in [4.78, 5) is 0. The lowest BCUT2D eigenvalue weighted by molar-refractivity contribution is -0.317. The largest absolute Gasteiger partial charge is 0.349 e. The van der Waals surface area contributed by atoms with Crippen molar-refractivity contribution in [1.29, 1.82) is 0 Å². The molecule has 17 heavy (non-hydrogen) atoms. The van der Waals surface area contributed by atoms with Gasteiger partial charge in [0.15, 0.2) is 5.79 Å². The van der Waals surface area contributed by atoms with E-state index in [0.717, 1.165) is 25.9 Å². The zero-order valence-corrected chi connectivity index (χ0v) is 11.1. The lowest BCUT2D eigenvalue weighted by Crippen LogP contribution is -2.49. The summed E-state index contributed by atoms with van der Waals surface area (Å²) in [5.41, 5.74) is 0. The van der Waals surface area contributed by atoms with E-state index in [1.54, 1.807) is 0 Å². The van der Waals surface area contributed by atoms with Crippen LogP contribution in [-0.2, 0) is 9.47 Å². The molecular formula is C15H26O2. The van der Waals surface area contributed by atoms with E-state index in [4.69, 9.17) is 9.47 Å². The van der Waals surface area contributed by atoms with E-state index >= 15 is 0 Å². The van der Waals surface area contributed by atoms with Gasteiger partial charge in [-0.05, 0) is 19.3 Å². The Morgan fingerprint density at radius 2 is 2.06 bits per heavy atom. The van der Waals surface area contributed by atoms with Crippen LogP contribution in [0, 0.1) is 5.92 Å². The minimum absolute atomic E-state index is 0.240. The number of hydrogen-bond acceptors (Lipinski definition) is 2. The molecule has 2 heteroatoms. The molecule has 2 fully saturated rings. The van der Waals surface area contributed by atoms with Gasteiger partial charge in [0.05, 0.1) is 12.7 Å². The molecule has 0 amide bonds. The molecule has 0 N–H and O–H groups in total. The van der Waals surface area contributed by atoms with Gasteiger partial charge in [0.1, 0.15) is 0 Å². The highest BCUT2D eigenvalue weighted by molar-refractivity contribution is 4.91. The van der Waals surface area contributed by atoms with E-state index in [0.29, 0.717) is 12.0 Å². The molecule has 2 atom stereocenters. The van der Waals surface area contributed by atoms with E-state index in [2.05, 4.69) is 13.5 Å². The molecule has 0 bridgehead atoms. The molecule has 0 aromatic rings. The van der Waals surface area contributed by atoms with E-state index in [1.165, 1.54) is 32.1 Å². The maximum absolute atomic E-state index is 6.33. The molecule has 1 saturated heterocycles. The molecule has 0 aromatic carbocycles. The second kappa shape index (κ2) is 6.01. The van der Waals surface area contributed by atoms with Crippen molar-refractivity contribution < 1.29 is 9.47 Å². The Balaban J connectivity index is 1.97. The summed E-state index contributed by atoms with van der Waals surface area (Å²) in [7, 11) is 0. The molecule has 0 radical (unpaired) electrons. The standard InChI is InChI=1S/C15H26O2/c1-3-5-9-14-13(4-2)12-16-15(17-14)10-7-6-8-11-15/h4,13-14H,2-3,5-12H2,1H3/t13-,14+/m0/s1. The van der Waals surface area contributed by atoms with Gasteiger partial charge >= 0.3 is 0 Å². The smallest absolute Gasteiger partial charge is 0.168 e. The van der Waals surface area contributed by atoms with Gasteiger partial charge < -0.3 is 9.47 Å². The first kappa shape index (κ1) is 13.1. The first-order valence-electron chi connectivity index (χ1n) is 7.24. The third-order valence-corrected chi connectivity index (χ3v) is 4.14. The molecule has 0 unspecified atom stereocenters. The van der Waals surface area contributed by atoms with Crippen LogP contribution in [0.1, 0.15) is 58.3 Å². The Morgan fingerprint density at radius 3 is 2.71 bits per heavy atom. The Labute approximate surface area is 105 Å². The van der Waals surface area contributed by atoms with Crippen LogP contribution in [-0.4, -0.2) is 18.5 Å². The highest BCUT2D eigenvalue weighted by atomic mass is 16.7. The van der Waals surface area contributed by atoms with Crippen LogP contribution in [0.25, 0.3) is 0 Å². The average molecular weight is 238 g/mol. The predicted octanol–water partition coefficient (Wildman–Crippen LogP) is 4.05. The summed E-state index contributed by atoms with van der Waals surface area (Å²) in [6.07, 6.45) is 12.0. The Morgan fingerprint density at radius 1 is 1.29 bits per heavy atom. The van der Waals surface area contributed by atoms with Crippen LogP contribution in [0.3, 0.4) is 0 Å².